The number of benzene rings is 2. The van der Waals surface area contributed by atoms with Crippen LogP contribution in [0.5, 0.6) is 11.5 Å². The van der Waals surface area contributed by atoms with Crippen LogP contribution in [0.3, 0.4) is 0 Å². The molecule has 0 unspecified atom stereocenters. The number of carbonyl (C=O) groups is 1. The molecule has 1 saturated heterocycles. The van der Waals surface area contributed by atoms with Gasteiger partial charge in [-0.1, -0.05) is 12.1 Å². The number of para-hydroxylation sites is 1. The number of hydrogen-bond donors (Lipinski definition) is 1. The lowest BCUT2D eigenvalue weighted by Crippen LogP contribution is -2.48. The summed E-state index contributed by atoms with van der Waals surface area (Å²) in [5.74, 6) is 1.21. The van der Waals surface area contributed by atoms with Crippen molar-refractivity contribution in [3.05, 3.63) is 47.5 Å². The van der Waals surface area contributed by atoms with Crippen molar-refractivity contribution in [3.8, 4) is 11.5 Å². The number of anilines is 1. The largest absolute Gasteiger partial charge is 0.493 e. The monoisotopic (exact) mass is 426 g/mol. The fourth-order valence-corrected chi connectivity index (χ4v) is 4.61. The fourth-order valence-electron chi connectivity index (χ4n) is 3.60. The summed E-state index contributed by atoms with van der Waals surface area (Å²) in [6.45, 7) is 4.84. The lowest BCUT2D eigenvalue weighted by atomic mass is 10.2. The molecule has 0 spiro atoms. The second-order valence-electron chi connectivity index (χ2n) is 7.25. The van der Waals surface area contributed by atoms with Crippen molar-refractivity contribution in [2.75, 3.05) is 52.3 Å². The number of thiazole rings is 1. The van der Waals surface area contributed by atoms with E-state index in [9.17, 15) is 4.79 Å². The maximum Gasteiger partial charge on any atom is 0.238 e. The first-order chi connectivity index (χ1) is 14.6. The minimum atomic E-state index is -0.0261. The molecule has 2 heterocycles. The molecule has 1 aromatic heterocycles. The molecule has 7 nitrogen and oxygen atoms in total. The van der Waals surface area contributed by atoms with E-state index in [1.165, 1.54) is 4.70 Å². The molecule has 0 aliphatic carbocycles. The van der Waals surface area contributed by atoms with Gasteiger partial charge in [-0.25, -0.2) is 4.98 Å². The van der Waals surface area contributed by atoms with Crippen molar-refractivity contribution in [3.63, 3.8) is 0 Å². The minimum absolute atomic E-state index is 0.0261. The van der Waals surface area contributed by atoms with Crippen LogP contribution in [0.1, 0.15) is 5.01 Å². The quantitative estimate of drug-likeness (QED) is 0.626. The van der Waals surface area contributed by atoms with Gasteiger partial charge in [0.1, 0.15) is 5.01 Å². The molecule has 0 bridgehead atoms. The first-order valence-electron chi connectivity index (χ1n) is 9.95. The van der Waals surface area contributed by atoms with E-state index in [4.69, 9.17) is 14.5 Å². The summed E-state index contributed by atoms with van der Waals surface area (Å²) in [4.78, 5) is 21.8. The number of rotatable bonds is 7. The van der Waals surface area contributed by atoms with Crippen molar-refractivity contribution in [2.24, 2.45) is 0 Å². The number of carbonyl (C=O) groups excluding carboxylic acids is 1. The maximum absolute atomic E-state index is 12.5. The van der Waals surface area contributed by atoms with Gasteiger partial charge in [-0.2, -0.15) is 0 Å². The number of nitrogens with one attached hydrogen (secondary N) is 1. The second-order valence-corrected chi connectivity index (χ2v) is 8.36. The van der Waals surface area contributed by atoms with Gasteiger partial charge in [0.2, 0.25) is 5.91 Å². The normalized spacial score (nSPS) is 15.3. The summed E-state index contributed by atoms with van der Waals surface area (Å²) >= 11 is 1.76. The Bertz CT molecular complexity index is 982. The molecule has 30 heavy (non-hydrogen) atoms. The topological polar surface area (TPSA) is 66.9 Å². The Kier molecular flexibility index (Phi) is 6.47. The molecular weight excluding hydrogens is 400 g/mol. The number of fused-ring (bicyclic) bond motifs is 1. The zero-order chi connectivity index (χ0) is 20.9. The van der Waals surface area contributed by atoms with Crippen LogP contribution in [0.2, 0.25) is 0 Å². The van der Waals surface area contributed by atoms with Crippen molar-refractivity contribution < 1.29 is 14.3 Å². The van der Waals surface area contributed by atoms with E-state index in [0.29, 0.717) is 23.7 Å². The maximum atomic E-state index is 12.5. The molecular formula is C22H26N4O3S. The Morgan fingerprint density at radius 2 is 1.77 bits per heavy atom. The molecule has 8 heteroatoms. The van der Waals surface area contributed by atoms with Gasteiger partial charge in [-0.05, 0) is 24.3 Å². The molecule has 3 aromatic rings. The van der Waals surface area contributed by atoms with E-state index < -0.39 is 0 Å². The Hall–Kier alpha value is -2.68. The van der Waals surface area contributed by atoms with Gasteiger partial charge in [0.05, 0.1) is 37.5 Å². The number of amides is 1. The van der Waals surface area contributed by atoms with Crippen molar-refractivity contribution in [1.29, 1.82) is 0 Å². The molecule has 2 aromatic carbocycles. The van der Waals surface area contributed by atoms with Crippen LogP contribution in [0.4, 0.5) is 5.69 Å². The standard InChI is InChI=1S/C22H26N4O3S/c1-28-18-8-7-16(13-19(18)29-2)23-21(27)14-25-9-11-26(12-10-25)15-22-24-17-5-3-4-6-20(17)30-22/h3-8,13H,9-12,14-15H2,1-2H3,(H,23,27). The summed E-state index contributed by atoms with van der Waals surface area (Å²) in [6.07, 6.45) is 0. The highest BCUT2D eigenvalue weighted by Crippen LogP contribution is 2.29. The predicted molar refractivity (Wildman–Crippen MR) is 120 cm³/mol. The number of nitrogens with zero attached hydrogens (tertiary/aromatic N) is 3. The summed E-state index contributed by atoms with van der Waals surface area (Å²) in [5, 5.41) is 4.09. The zero-order valence-electron chi connectivity index (χ0n) is 17.3. The fraction of sp³-hybridized carbons (Fsp3) is 0.364. The van der Waals surface area contributed by atoms with Gasteiger partial charge >= 0.3 is 0 Å². The van der Waals surface area contributed by atoms with E-state index in [2.05, 4.69) is 33.3 Å². The van der Waals surface area contributed by atoms with E-state index in [0.717, 1.165) is 43.2 Å². The van der Waals surface area contributed by atoms with Crippen LogP contribution in [-0.2, 0) is 11.3 Å². The van der Waals surface area contributed by atoms with Gasteiger partial charge in [-0.15, -0.1) is 11.3 Å². The Morgan fingerprint density at radius 1 is 1.03 bits per heavy atom. The summed E-state index contributed by atoms with van der Waals surface area (Å²) in [5.41, 5.74) is 1.77. The molecule has 0 radical (unpaired) electrons. The zero-order valence-corrected chi connectivity index (χ0v) is 18.1. The highest BCUT2D eigenvalue weighted by molar-refractivity contribution is 7.18. The third kappa shape index (κ3) is 4.89. The molecule has 0 atom stereocenters. The smallest absolute Gasteiger partial charge is 0.238 e. The Morgan fingerprint density at radius 3 is 2.50 bits per heavy atom. The SMILES string of the molecule is COc1ccc(NC(=O)CN2CCN(Cc3nc4ccccc4s3)CC2)cc1OC. The van der Waals surface area contributed by atoms with Gasteiger partial charge in [0, 0.05) is 37.9 Å². The Balaban J connectivity index is 1.25. The average Bonchev–Trinajstić information content (AvgIpc) is 3.17. The van der Waals surface area contributed by atoms with Crippen LogP contribution in [0.25, 0.3) is 10.2 Å². The molecule has 1 aliphatic rings. The van der Waals surface area contributed by atoms with E-state index in [1.54, 1.807) is 37.7 Å². The lowest BCUT2D eigenvalue weighted by Gasteiger charge is -2.33. The molecule has 1 fully saturated rings. The molecule has 1 aliphatic heterocycles. The number of hydrogen-bond acceptors (Lipinski definition) is 7. The number of methoxy groups -OCH3 is 2. The van der Waals surface area contributed by atoms with Crippen LogP contribution >= 0.6 is 11.3 Å². The van der Waals surface area contributed by atoms with Gasteiger partial charge < -0.3 is 14.8 Å². The second kappa shape index (κ2) is 9.42. The molecule has 1 N–H and O–H groups in total. The first-order valence-corrected chi connectivity index (χ1v) is 10.8. The van der Waals surface area contributed by atoms with Crippen molar-refractivity contribution in [2.45, 2.75) is 6.54 Å². The summed E-state index contributed by atoms with van der Waals surface area (Å²) in [7, 11) is 3.17. The van der Waals surface area contributed by atoms with E-state index in [-0.39, 0.29) is 5.91 Å². The average molecular weight is 427 g/mol. The lowest BCUT2D eigenvalue weighted by molar-refractivity contribution is -0.117. The molecule has 158 valence electrons. The van der Waals surface area contributed by atoms with Crippen LogP contribution in [0, 0.1) is 0 Å². The van der Waals surface area contributed by atoms with Crippen LogP contribution in [0.15, 0.2) is 42.5 Å². The summed E-state index contributed by atoms with van der Waals surface area (Å²) in [6, 6.07) is 13.6. The van der Waals surface area contributed by atoms with Crippen LogP contribution in [-0.4, -0.2) is 67.6 Å². The van der Waals surface area contributed by atoms with Gasteiger partial charge in [0.25, 0.3) is 0 Å². The van der Waals surface area contributed by atoms with E-state index >= 15 is 0 Å². The third-order valence-corrected chi connectivity index (χ3v) is 6.22. The van der Waals surface area contributed by atoms with Crippen molar-refractivity contribution in [1.82, 2.24) is 14.8 Å². The van der Waals surface area contributed by atoms with Crippen molar-refractivity contribution >= 4 is 33.1 Å². The number of aromatic nitrogens is 1. The van der Waals surface area contributed by atoms with Gasteiger partial charge in [0.15, 0.2) is 11.5 Å². The highest BCUT2D eigenvalue weighted by Gasteiger charge is 2.20. The number of piperazine rings is 1. The molecule has 1 amide bonds. The van der Waals surface area contributed by atoms with E-state index in [1.807, 2.05) is 12.1 Å². The van der Waals surface area contributed by atoms with Crippen LogP contribution < -0.4 is 14.8 Å². The molecule has 4 rings (SSSR count). The highest BCUT2D eigenvalue weighted by atomic mass is 32.1. The predicted octanol–water partition coefficient (Wildman–Crippen LogP) is 3.07. The minimum Gasteiger partial charge on any atom is -0.493 e. The van der Waals surface area contributed by atoms with Gasteiger partial charge in [-0.3, -0.25) is 14.6 Å². The molecule has 0 saturated carbocycles. The Labute approximate surface area is 180 Å². The summed E-state index contributed by atoms with van der Waals surface area (Å²) < 4.78 is 11.8. The number of ether oxygens (including phenoxy) is 2. The first kappa shape index (κ1) is 20.6. The third-order valence-electron chi connectivity index (χ3n) is 5.20.